The summed E-state index contributed by atoms with van der Waals surface area (Å²) in [7, 11) is 0. The fourth-order valence-electron chi connectivity index (χ4n) is 4.43. The number of nitrogens with one attached hydrogen (secondary N) is 1. The summed E-state index contributed by atoms with van der Waals surface area (Å²) in [6, 6.07) is 0. The van der Waals surface area contributed by atoms with E-state index in [0.29, 0.717) is 18.1 Å². The lowest BCUT2D eigenvalue weighted by molar-refractivity contribution is -0.120. The molecule has 0 spiro atoms. The zero-order valence-corrected chi connectivity index (χ0v) is 9.23. The number of hydrogen-bond donors (Lipinski definition) is 1. The number of aromatic amines is 1. The topological polar surface area (TPSA) is 45.8 Å². The molecule has 3 nitrogen and oxygen atoms in total. The van der Waals surface area contributed by atoms with Gasteiger partial charge in [-0.25, -0.2) is 4.98 Å². The van der Waals surface area contributed by atoms with Crippen molar-refractivity contribution < 1.29 is 4.79 Å². The third-order valence-corrected chi connectivity index (χ3v) is 5.00. The normalized spacial score (nSPS) is 43.4. The standard InChI is InChI=1S/C13H16N2O/c16-9(6-10-14-3-4-15-10)13-11-7-1-2-8(5-7)12(11)13/h3-4,7-8,11-13H,1-2,5-6H2,(H,14,15). The van der Waals surface area contributed by atoms with Crippen molar-refractivity contribution in [2.75, 3.05) is 0 Å². The fraction of sp³-hybridized carbons (Fsp3) is 0.692. The highest BCUT2D eigenvalue weighted by Crippen LogP contribution is 2.69. The Morgan fingerprint density at radius 3 is 2.75 bits per heavy atom. The largest absolute Gasteiger partial charge is 0.348 e. The fourth-order valence-corrected chi connectivity index (χ4v) is 4.43. The van der Waals surface area contributed by atoms with Crippen LogP contribution in [0.25, 0.3) is 0 Å². The number of fused-ring (bicyclic) bond motifs is 5. The van der Waals surface area contributed by atoms with Crippen molar-refractivity contribution in [3.05, 3.63) is 18.2 Å². The first-order chi connectivity index (χ1) is 7.84. The molecular weight excluding hydrogens is 200 g/mol. The van der Waals surface area contributed by atoms with Gasteiger partial charge in [-0.05, 0) is 42.9 Å². The molecule has 2 bridgehead atoms. The van der Waals surface area contributed by atoms with E-state index >= 15 is 0 Å². The van der Waals surface area contributed by atoms with E-state index in [1.807, 2.05) is 0 Å². The van der Waals surface area contributed by atoms with Crippen molar-refractivity contribution in [3.8, 4) is 0 Å². The summed E-state index contributed by atoms with van der Waals surface area (Å²) < 4.78 is 0. The molecule has 16 heavy (non-hydrogen) atoms. The molecule has 1 heterocycles. The number of hydrogen-bond acceptors (Lipinski definition) is 2. The summed E-state index contributed by atoms with van der Waals surface area (Å²) in [5, 5.41) is 0. The van der Waals surface area contributed by atoms with E-state index in [0.717, 1.165) is 29.5 Å². The molecule has 0 amide bonds. The van der Waals surface area contributed by atoms with E-state index in [1.165, 1.54) is 19.3 Å². The zero-order chi connectivity index (χ0) is 10.7. The van der Waals surface area contributed by atoms with Crippen molar-refractivity contribution in [1.29, 1.82) is 0 Å². The van der Waals surface area contributed by atoms with Crippen molar-refractivity contribution in [2.45, 2.75) is 25.7 Å². The van der Waals surface area contributed by atoms with E-state index in [9.17, 15) is 4.79 Å². The Labute approximate surface area is 94.7 Å². The molecule has 0 saturated heterocycles. The van der Waals surface area contributed by atoms with Gasteiger partial charge in [-0.2, -0.15) is 0 Å². The van der Waals surface area contributed by atoms with Crippen LogP contribution >= 0.6 is 0 Å². The Bertz CT molecular complexity index is 409. The third-order valence-electron chi connectivity index (χ3n) is 5.00. The number of Topliss-reactive ketones (excluding diaryl/α,β-unsaturated/α-hetero) is 1. The van der Waals surface area contributed by atoms with Crippen LogP contribution in [0.2, 0.25) is 0 Å². The Balaban J connectivity index is 1.47. The lowest BCUT2D eigenvalue weighted by Crippen LogP contribution is -2.12. The summed E-state index contributed by atoms with van der Waals surface area (Å²) in [6.45, 7) is 0. The molecule has 0 aromatic carbocycles. The van der Waals surface area contributed by atoms with E-state index < -0.39 is 0 Å². The van der Waals surface area contributed by atoms with Gasteiger partial charge in [-0.1, -0.05) is 0 Å². The molecule has 84 valence electrons. The van der Waals surface area contributed by atoms with Gasteiger partial charge in [0.05, 0.1) is 6.42 Å². The minimum Gasteiger partial charge on any atom is -0.348 e. The lowest BCUT2D eigenvalue weighted by Gasteiger charge is -2.06. The highest BCUT2D eigenvalue weighted by molar-refractivity contribution is 5.86. The SMILES string of the molecule is O=C(Cc1ncc[nH]1)C1C2C3CCC(C3)C12. The van der Waals surface area contributed by atoms with Gasteiger partial charge in [0.2, 0.25) is 0 Å². The maximum absolute atomic E-state index is 12.1. The first kappa shape index (κ1) is 8.97. The first-order valence-electron chi connectivity index (χ1n) is 6.35. The second kappa shape index (κ2) is 2.96. The van der Waals surface area contributed by atoms with E-state index in [-0.39, 0.29) is 0 Å². The van der Waals surface area contributed by atoms with Gasteiger partial charge < -0.3 is 4.98 Å². The smallest absolute Gasteiger partial charge is 0.144 e. The molecule has 3 aliphatic carbocycles. The molecule has 0 aliphatic heterocycles. The Kier molecular flexibility index (Phi) is 1.66. The number of carbonyl (C=O) groups is 1. The molecular formula is C13H16N2O. The summed E-state index contributed by atoms with van der Waals surface area (Å²) in [5.74, 6) is 4.98. The van der Waals surface area contributed by atoms with Crippen molar-refractivity contribution in [1.82, 2.24) is 9.97 Å². The molecule has 4 atom stereocenters. The quantitative estimate of drug-likeness (QED) is 0.837. The number of H-pyrrole nitrogens is 1. The van der Waals surface area contributed by atoms with E-state index in [4.69, 9.17) is 0 Å². The summed E-state index contributed by atoms with van der Waals surface area (Å²) >= 11 is 0. The first-order valence-corrected chi connectivity index (χ1v) is 6.35. The lowest BCUT2D eigenvalue weighted by atomic mass is 9.98. The molecule has 3 fully saturated rings. The Hall–Kier alpha value is -1.12. The predicted molar refractivity (Wildman–Crippen MR) is 58.6 cm³/mol. The number of carbonyl (C=O) groups excluding carboxylic acids is 1. The average Bonchev–Trinajstić information content (AvgIpc) is 2.73. The van der Waals surface area contributed by atoms with Crippen LogP contribution < -0.4 is 0 Å². The Morgan fingerprint density at radius 2 is 2.12 bits per heavy atom. The minimum absolute atomic E-state index is 0.399. The zero-order valence-electron chi connectivity index (χ0n) is 9.23. The highest BCUT2D eigenvalue weighted by Gasteiger charge is 2.66. The monoisotopic (exact) mass is 216 g/mol. The van der Waals surface area contributed by atoms with Gasteiger partial charge in [-0.15, -0.1) is 0 Å². The predicted octanol–water partition coefficient (Wildman–Crippen LogP) is 1.81. The van der Waals surface area contributed by atoms with Crippen molar-refractivity contribution >= 4 is 5.78 Å². The van der Waals surface area contributed by atoms with E-state index in [2.05, 4.69) is 9.97 Å². The molecule has 1 aromatic heterocycles. The van der Waals surface area contributed by atoms with Crippen molar-refractivity contribution in [2.24, 2.45) is 29.6 Å². The van der Waals surface area contributed by atoms with Gasteiger partial charge in [0.25, 0.3) is 0 Å². The molecule has 1 aromatic rings. The van der Waals surface area contributed by atoms with Crippen LogP contribution in [0.3, 0.4) is 0 Å². The molecule has 1 N–H and O–H groups in total. The number of ketones is 1. The van der Waals surface area contributed by atoms with E-state index in [1.54, 1.807) is 12.4 Å². The number of rotatable bonds is 3. The number of nitrogens with zero attached hydrogens (tertiary/aromatic N) is 1. The van der Waals surface area contributed by atoms with Crippen LogP contribution in [0.1, 0.15) is 25.1 Å². The van der Waals surface area contributed by atoms with Gasteiger partial charge in [0.1, 0.15) is 11.6 Å². The third kappa shape index (κ3) is 1.09. The molecule has 0 radical (unpaired) electrons. The van der Waals surface area contributed by atoms with Crippen LogP contribution in [0.4, 0.5) is 0 Å². The summed E-state index contributed by atoms with van der Waals surface area (Å²) in [5.41, 5.74) is 0. The molecule has 4 rings (SSSR count). The maximum Gasteiger partial charge on any atom is 0.144 e. The maximum atomic E-state index is 12.1. The molecule has 3 aliphatic rings. The number of aromatic nitrogens is 2. The van der Waals surface area contributed by atoms with Crippen LogP contribution in [0, 0.1) is 29.6 Å². The van der Waals surface area contributed by atoms with Gasteiger partial charge >= 0.3 is 0 Å². The van der Waals surface area contributed by atoms with Crippen LogP contribution in [0.15, 0.2) is 12.4 Å². The summed E-state index contributed by atoms with van der Waals surface area (Å²) in [6.07, 6.45) is 8.22. The average molecular weight is 216 g/mol. The van der Waals surface area contributed by atoms with Gasteiger partial charge in [-0.3, -0.25) is 4.79 Å². The van der Waals surface area contributed by atoms with Gasteiger partial charge in [0.15, 0.2) is 0 Å². The highest BCUT2D eigenvalue weighted by atomic mass is 16.1. The second-order valence-electron chi connectivity index (χ2n) is 5.69. The van der Waals surface area contributed by atoms with Crippen LogP contribution in [-0.4, -0.2) is 15.8 Å². The summed E-state index contributed by atoms with van der Waals surface area (Å²) in [4.78, 5) is 19.3. The van der Waals surface area contributed by atoms with Crippen LogP contribution in [0.5, 0.6) is 0 Å². The van der Waals surface area contributed by atoms with Crippen LogP contribution in [-0.2, 0) is 11.2 Å². The van der Waals surface area contributed by atoms with Gasteiger partial charge in [0, 0.05) is 18.3 Å². The van der Waals surface area contributed by atoms with Crippen molar-refractivity contribution in [3.63, 3.8) is 0 Å². The number of imidazole rings is 1. The minimum atomic E-state index is 0.399. The Morgan fingerprint density at radius 1 is 1.38 bits per heavy atom. The molecule has 3 saturated carbocycles. The molecule has 4 unspecified atom stereocenters. The second-order valence-corrected chi connectivity index (χ2v) is 5.69. The molecule has 3 heteroatoms.